The molecular weight excluding hydrogens is 310 g/mol. The highest BCUT2D eigenvalue weighted by Gasteiger charge is 2.31. The number of hydrogen-bond donors (Lipinski definition) is 1. The van der Waals surface area contributed by atoms with Crippen LogP contribution in [0.15, 0.2) is 17.6 Å². The lowest BCUT2D eigenvalue weighted by molar-refractivity contribution is 0.0512. The Balaban J connectivity index is 1.79. The number of nitrogens with zero attached hydrogens (tertiary/aromatic N) is 4. The molecule has 1 fully saturated rings. The number of imidazole rings is 1. The second-order valence-corrected chi connectivity index (χ2v) is 6.82. The van der Waals surface area contributed by atoms with Crippen LogP contribution in [0, 0.1) is 0 Å². The van der Waals surface area contributed by atoms with Gasteiger partial charge in [0, 0.05) is 18.4 Å². The van der Waals surface area contributed by atoms with Gasteiger partial charge < -0.3 is 9.30 Å². The molecule has 1 N–H and O–H groups in total. The first-order valence-electron chi connectivity index (χ1n) is 6.85. The topological polar surface area (TPSA) is 120 Å². The van der Waals surface area contributed by atoms with E-state index in [1.807, 2.05) is 0 Å². The highest BCUT2D eigenvalue weighted by molar-refractivity contribution is 7.90. The van der Waals surface area contributed by atoms with Gasteiger partial charge in [0.2, 0.25) is 15.0 Å². The molecule has 0 spiro atoms. The van der Waals surface area contributed by atoms with Gasteiger partial charge in [0.25, 0.3) is 5.82 Å². The normalized spacial score (nSPS) is 15.0. The van der Waals surface area contributed by atoms with Gasteiger partial charge in [-0.25, -0.2) is 23.2 Å². The minimum atomic E-state index is -3.66. The summed E-state index contributed by atoms with van der Waals surface area (Å²) in [5, 5.41) is 6.13. The fourth-order valence-corrected chi connectivity index (χ4v) is 3.43. The van der Waals surface area contributed by atoms with Crippen molar-refractivity contribution >= 4 is 15.8 Å². The van der Waals surface area contributed by atoms with Gasteiger partial charge >= 0.3 is 5.97 Å². The number of esters is 1. The molecule has 9 nitrogen and oxygen atoms in total. The zero-order chi connectivity index (χ0) is 15.7. The van der Waals surface area contributed by atoms with E-state index in [0.29, 0.717) is 0 Å². The lowest BCUT2D eigenvalue weighted by Gasteiger charge is -2.05. The number of H-pyrrole nitrogens is 1. The van der Waals surface area contributed by atoms with Crippen molar-refractivity contribution in [3.63, 3.8) is 0 Å². The molecule has 0 radical (unpaired) electrons. The average molecular weight is 325 g/mol. The minimum Gasteiger partial charge on any atom is -0.460 e. The molecule has 0 saturated heterocycles. The van der Waals surface area contributed by atoms with Crippen molar-refractivity contribution in [2.24, 2.45) is 0 Å². The molecular formula is C12H15N5O4S. The summed E-state index contributed by atoms with van der Waals surface area (Å²) >= 11 is 0. The average Bonchev–Trinajstić information content (AvgIpc) is 3.00. The smallest absolute Gasteiger partial charge is 0.378 e. The predicted octanol–water partition coefficient (Wildman–Crippen LogP) is 0.487. The number of carbonyl (C=O) groups is 1. The number of aromatic nitrogens is 5. The Hall–Kier alpha value is -2.23. The zero-order valence-electron chi connectivity index (χ0n) is 11.9. The van der Waals surface area contributed by atoms with Crippen molar-refractivity contribution in [3.05, 3.63) is 24.0 Å². The molecule has 2 heterocycles. The lowest BCUT2D eigenvalue weighted by Crippen LogP contribution is -2.13. The highest BCUT2D eigenvalue weighted by Crippen LogP contribution is 2.36. The summed E-state index contributed by atoms with van der Waals surface area (Å²) < 4.78 is 31.3. The number of hydrogen-bond acceptors (Lipinski definition) is 7. The number of aromatic amines is 1. The first-order chi connectivity index (χ1) is 10.5. The van der Waals surface area contributed by atoms with Crippen LogP contribution >= 0.6 is 0 Å². The monoisotopic (exact) mass is 325 g/mol. The van der Waals surface area contributed by atoms with Gasteiger partial charge in [-0.05, 0) is 19.8 Å². The first kappa shape index (κ1) is 14.7. The molecule has 118 valence electrons. The first-order valence-corrected chi connectivity index (χ1v) is 8.50. The quantitative estimate of drug-likeness (QED) is 0.767. The van der Waals surface area contributed by atoms with Crippen LogP contribution < -0.4 is 0 Å². The van der Waals surface area contributed by atoms with E-state index in [0.717, 1.165) is 12.8 Å². The molecule has 1 aliphatic rings. The molecule has 0 bridgehead atoms. The Morgan fingerprint density at radius 3 is 2.95 bits per heavy atom. The van der Waals surface area contributed by atoms with Crippen molar-refractivity contribution in [1.82, 2.24) is 24.7 Å². The molecule has 0 atom stereocenters. The highest BCUT2D eigenvalue weighted by atomic mass is 32.2. The van der Waals surface area contributed by atoms with Crippen LogP contribution in [0.3, 0.4) is 0 Å². The van der Waals surface area contributed by atoms with Crippen LogP contribution in [0.5, 0.6) is 0 Å². The summed E-state index contributed by atoms with van der Waals surface area (Å²) in [7, 11) is -3.66. The van der Waals surface area contributed by atoms with Gasteiger partial charge in [-0.1, -0.05) is 0 Å². The fraction of sp³-hybridized carbons (Fsp3) is 0.500. The maximum atomic E-state index is 12.4. The maximum absolute atomic E-state index is 12.4. The maximum Gasteiger partial charge on any atom is 0.378 e. The molecule has 0 amide bonds. The summed E-state index contributed by atoms with van der Waals surface area (Å²) in [5.41, 5.74) is 0. The van der Waals surface area contributed by atoms with Crippen LogP contribution in [0.1, 0.15) is 42.3 Å². The van der Waals surface area contributed by atoms with Gasteiger partial charge in [-0.2, -0.15) is 0 Å². The summed E-state index contributed by atoms with van der Waals surface area (Å²) in [6, 6.07) is 0.206. The van der Waals surface area contributed by atoms with Gasteiger partial charge in [0.15, 0.2) is 0 Å². The molecule has 0 unspecified atom stereocenters. The second-order valence-electron chi connectivity index (χ2n) is 4.93. The Bertz CT molecular complexity index is 790. The molecule has 10 heteroatoms. The summed E-state index contributed by atoms with van der Waals surface area (Å²) in [5.74, 6) is -1.20. The molecule has 0 aliphatic heterocycles. The predicted molar refractivity (Wildman–Crippen MR) is 73.7 cm³/mol. The van der Waals surface area contributed by atoms with Crippen molar-refractivity contribution < 1.29 is 17.9 Å². The number of carbonyl (C=O) groups excluding carboxylic acids is 1. The van der Waals surface area contributed by atoms with E-state index in [2.05, 4.69) is 20.2 Å². The van der Waals surface area contributed by atoms with Gasteiger partial charge in [-0.15, -0.1) is 5.10 Å². The van der Waals surface area contributed by atoms with Crippen molar-refractivity contribution in [1.29, 1.82) is 0 Å². The molecule has 2 aromatic rings. The van der Waals surface area contributed by atoms with Crippen LogP contribution in [-0.4, -0.2) is 45.7 Å². The molecule has 2 aromatic heterocycles. The summed E-state index contributed by atoms with van der Waals surface area (Å²) in [6.07, 6.45) is 5.03. The van der Waals surface area contributed by atoms with Crippen LogP contribution in [0.2, 0.25) is 0 Å². The third-order valence-electron chi connectivity index (χ3n) is 3.17. The van der Waals surface area contributed by atoms with E-state index < -0.39 is 21.6 Å². The summed E-state index contributed by atoms with van der Waals surface area (Å²) in [6.45, 7) is 1.85. The number of ether oxygens (including phenoxy) is 1. The lowest BCUT2D eigenvalue weighted by atomic mass is 10.6. The van der Waals surface area contributed by atoms with E-state index >= 15 is 0 Å². The Kier molecular flexibility index (Phi) is 3.69. The van der Waals surface area contributed by atoms with E-state index in [1.165, 1.54) is 6.20 Å². The third kappa shape index (κ3) is 2.86. The summed E-state index contributed by atoms with van der Waals surface area (Å²) in [4.78, 5) is 19.3. The number of nitrogens with one attached hydrogen (secondary N) is 1. The van der Waals surface area contributed by atoms with E-state index in [-0.39, 0.29) is 29.5 Å². The molecule has 1 aliphatic carbocycles. The van der Waals surface area contributed by atoms with Crippen molar-refractivity contribution in [2.45, 2.75) is 36.7 Å². The fourth-order valence-electron chi connectivity index (χ4n) is 2.06. The Morgan fingerprint density at radius 1 is 1.50 bits per heavy atom. The largest absolute Gasteiger partial charge is 0.460 e. The van der Waals surface area contributed by atoms with E-state index in [1.54, 1.807) is 17.7 Å². The van der Waals surface area contributed by atoms with E-state index in [9.17, 15) is 13.2 Å². The molecule has 0 aromatic carbocycles. The van der Waals surface area contributed by atoms with Gasteiger partial charge in [0.1, 0.15) is 11.6 Å². The molecule has 3 rings (SSSR count). The van der Waals surface area contributed by atoms with Crippen LogP contribution in [0.25, 0.3) is 0 Å². The number of rotatable bonds is 6. The van der Waals surface area contributed by atoms with Crippen molar-refractivity contribution in [3.8, 4) is 0 Å². The second kappa shape index (κ2) is 5.52. The van der Waals surface area contributed by atoms with Crippen LogP contribution in [0.4, 0.5) is 0 Å². The Morgan fingerprint density at radius 2 is 2.27 bits per heavy atom. The number of sulfone groups is 1. The van der Waals surface area contributed by atoms with Crippen LogP contribution in [-0.2, 0) is 20.3 Å². The Labute approximate surface area is 126 Å². The molecule has 1 saturated carbocycles. The zero-order valence-corrected chi connectivity index (χ0v) is 12.7. The standard InChI is InChI=1S/C12H15N5O4S/c1-2-21-11(18)10-14-9(15-16-10)7-22(19,20)12-13-5-6-17(12)8-3-4-8/h5-6,8H,2-4,7H2,1H3,(H,14,15,16). The minimum absolute atomic E-state index is 0.0177. The SMILES string of the molecule is CCOC(=O)c1n[nH]c(CS(=O)(=O)c2nccn2C2CC2)n1. The molecule has 22 heavy (non-hydrogen) atoms. The van der Waals surface area contributed by atoms with E-state index in [4.69, 9.17) is 4.74 Å². The van der Waals surface area contributed by atoms with Gasteiger partial charge in [0.05, 0.1) is 6.61 Å². The third-order valence-corrected chi connectivity index (χ3v) is 4.69. The van der Waals surface area contributed by atoms with Gasteiger partial charge in [-0.3, -0.25) is 5.10 Å². The van der Waals surface area contributed by atoms with Crippen molar-refractivity contribution in [2.75, 3.05) is 6.61 Å².